The summed E-state index contributed by atoms with van der Waals surface area (Å²) >= 11 is 0. The Kier molecular flexibility index (Phi) is 6.02. The smallest absolute Gasteiger partial charge is 0.340 e. The number of allylic oxidation sites excluding steroid dienone is 1. The Balaban J connectivity index is 2.06. The largest absolute Gasteiger partial charge is 0.497 e. The number of carbonyl (C=O) groups excluding carboxylic acids is 2. The minimum absolute atomic E-state index is 0.256. The first-order valence-electron chi connectivity index (χ1n) is 9.09. The van der Waals surface area contributed by atoms with Crippen LogP contribution in [0.15, 0.2) is 65.4 Å². The third-order valence-corrected chi connectivity index (χ3v) is 4.83. The summed E-state index contributed by atoms with van der Waals surface area (Å²) in [7, 11) is 4.41. The topological polar surface area (TPSA) is 65.1 Å². The molecule has 0 bridgehead atoms. The molecule has 2 aromatic rings. The highest BCUT2D eigenvalue weighted by atomic mass is 16.5. The van der Waals surface area contributed by atoms with Crippen molar-refractivity contribution in [2.24, 2.45) is 0 Å². The van der Waals surface area contributed by atoms with Crippen molar-refractivity contribution in [1.82, 2.24) is 4.90 Å². The maximum Gasteiger partial charge on any atom is 0.340 e. The van der Waals surface area contributed by atoms with E-state index in [-0.39, 0.29) is 17.1 Å². The van der Waals surface area contributed by atoms with Crippen molar-refractivity contribution < 1.29 is 23.8 Å². The summed E-state index contributed by atoms with van der Waals surface area (Å²) in [5, 5.41) is 0. The molecule has 0 unspecified atom stereocenters. The van der Waals surface area contributed by atoms with Crippen molar-refractivity contribution in [3.8, 4) is 11.5 Å². The number of hydrogen-bond donors (Lipinski definition) is 0. The predicted octanol–water partition coefficient (Wildman–Crippen LogP) is 3.58. The first kappa shape index (κ1) is 20.2. The second-order valence-corrected chi connectivity index (χ2v) is 6.49. The highest BCUT2D eigenvalue weighted by Crippen LogP contribution is 2.35. The molecule has 6 heteroatoms. The molecule has 0 aromatic heterocycles. The number of methoxy groups -OCH3 is 3. The molecule has 29 heavy (non-hydrogen) atoms. The Morgan fingerprint density at radius 3 is 2.38 bits per heavy atom. The van der Waals surface area contributed by atoms with Gasteiger partial charge in [0.05, 0.1) is 39.0 Å². The number of rotatable bonds is 6. The van der Waals surface area contributed by atoms with Crippen LogP contribution in [-0.4, -0.2) is 38.1 Å². The minimum Gasteiger partial charge on any atom is -0.497 e. The third kappa shape index (κ3) is 4.01. The summed E-state index contributed by atoms with van der Waals surface area (Å²) in [6.45, 7) is 2.11. The van der Waals surface area contributed by atoms with E-state index in [1.54, 1.807) is 43.2 Å². The quantitative estimate of drug-likeness (QED) is 0.554. The van der Waals surface area contributed by atoms with E-state index in [1.165, 1.54) is 14.2 Å². The fourth-order valence-corrected chi connectivity index (χ4v) is 3.28. The fraction of sp³-hybridized carbons (Fsp3) is 0.217. The molecule has 0 spiro atoms. The number of nitrogens with zero attached hydrogens (tertiary/aromatic N) is 1. The third-order valence-electron chi connectivity index (χ3n) is 4.83. The monoisotopic (exact) mass is 393 g/mol. The highest BCUT2D eigenvalue weighted by molar-refractivity contribution is 6.16. The molecule has 0 saturated heterocycles. The van der Waals surface area contributed by atoms with Gasteiger partial charge in [0, 0.05) is 17.3 Å². The standard InChI is InChI=1S/C23H23NO5/c1-15-21(23(26)29-4)19(12-17-10-11-18(27-2)13-20(17)28-3)22(25)24(15)14-16-8-6-5-7-9-16/h5-13H,14H2,1-4H3/b19-12-. The van der Waals surface area contributed by atoms with E-state index in [0.717, 1.165) is 5.56 Å². The molecule has 0 atom stereocenters. The zero-order chi connectivity index (χ0) is 21.0. The van der Waals surface area contributed by atoms with Gasteiger partial charge in [0.2, 0.25) is 0 Å². The van der Waals surface area contributed by atoms with Crippen LogP contribution in [0.2, 0.25) is 0 Å². The van der Waals surface area contributed by atoms with Crippen molar-refractivity contribution in [3.63, 3.8) is 0 Å². The van der Waals surface area contributed by atoms with Gasteiger partial charge in [0.1, 0.15) is 11.5 Å². The number of benzene rings is 2. The van der Waals surface area contributed by atoms with E-state index >= 15 is 0 Å². The van der Waals surface area contributed by atoms with Crippen molar-refractivity contribution in [3.05, 3.63) is 76.5 Å². The second-order valence-electron chi connectivity index (χ2n) is 6.49. The minimum atomic E-state index is -0.551. The van der Waals surface area contributed by atoms with Crippen LogP contribution in [0.25, 0.3) is 6.08 Å². The molecule has 1 amide bonds. The maximum atomic E-state index is 13.2. The molecule has 0 N–H and O–H groups in total. The fourth-order valence-electron chi connectivity index (χ4n) is 3.28. The van der Waals surface area contributed by atoms with Crippen LogP contribution in [-0.2, 0) is 20.9 Å². The van der Waals surface area contributed by atoms with Gasteiger partial charge in [-0.1, -0.05) is 30.3 Å². The Morgan fingerprint density at radius 1 is 1.03 bits per heavy atom. The van der Waals surface area contributed by atoms with Gasteiger partial charge in [-0.2, -0.15) is 0 Å². The molecular formula is C23H23NO5. The van der Waals surface area contributed by atoms with Crippen LogP contribution in [0.3, 0.4) is 0 Å². The second kappa shape index (κ2) is 8.65. The number of amides is 1. The lowest BCUT2D eigenvalue weighted by Crippen LogP contribution is -2.24. The molecule has 0 radical (unpaired) electrons. The van der Waals surface area contributed by atoms with Gasteiger partial charge in [-0.25, -0.2) is 4.79 Å². The van der Waals surface area contributed by atoms with E-state index < -0.39 is 5.97 Å². The van der Waals surface area contributed by atoms with Gasteiger partial charge in [0.15, 0.2) is 0 Å². The van der Waals surface area contributed by atoms with Gasteiger partial charge in [-0.15, -0.1) is 0 Å². The van der Waals surface area contributed by atoms with Crippen molar-refractivity contribution in [2.75, 3.05) is 21.3 Å². The average Bonchev–Trinajstić information content (AvgIpc) is 2.98. The Hall–Kier alpha value is -3.54. The first-order chi connectivity index (χ1) is 14.0. The van der Waals surface area contributed by atoms with Crippen LogP contribution in [0, 0.1) is 0 Å². The van der Waals surface area contributed by atoms with E-state index in [4.69, 9.17) is 14.2 Å². The summed E-state index contributed by atoms with van der Waals surface area (Å²) in [5.41, 5.74) is 2.71. The molecular weight excluding hydrogens is 370 g/mol. The zero-order valence-corrected chi connectivity index (χ0v) is 16.9. The van der Waals surface area contributed by atoms with Gasteiger partial charge < -0.3 is 19.1 Å². The summed E-state index contributed by atoms with van der Waals surface area (Å²) in [4.78, 5) is 27.3. The summed E-state index contributed by atoms with van der Waals surface area (Å²) in [6, 6.07) is 14.9. The first-order valence-corrected chi connectivity index (χ1v) is 9.09. The van der Waals surface area contributed by atoms with Gasteiger partial charge in [0.25, 0.3) is 5.91 Å². The molecule has 0 fully saturated rings. The molecule has 6 nitrogen and oxygen atoms in total. The van der Waals surface area contributed by atoms with E-state index in [2.05, 4.69) is 0 Å². The maximum absolute atomic E-state index is 13.2. The SMILES string of the molecule is COC(=O)C1=C(C)N(Cc2ccccc2)C(=O)/C1=C\c1ccc(OC)cc1OC. The lowest BCUT2D eigenvalue weighted by atomic mass is 10.0. The number of carbonyl (C=O) groups is 2. The number of esters is 1. The van der Waals surface area contributed by atoms with Crippen LogP contribution in [0.4, 0.5) is 0 Å². The van der Waals surface area contributed by atoms with Crippen LogP contribution < -0.4 is 9.47 Å². The van der Waals surface area contributed by atoms with Crippen LogP contribution in [0.1, 0.15) is 18.1 Å². The number of ether oxygens (including phenoxy) is 3. The van der Waals surface area contributed by atoms with Crippen LogP contribution in [0.5, 0.6) is 11.5 Å². The summed E-state index contributed by atoms with van der Waals surface area (Å²) in [5.74, 6) is 0.357. The molecule has 3 rings (SSSR count). The lowest BCUT2D eigenvalue weighted by Gasteiger charge is -2.18. The molecule has 150 valence electrons. The van der Waals surface area contributed by atoms with E-state index in [1.807, 2.05) is 30.3 Å². The van der Waals surface area contributed by atoms with E-state index in [0.29, 0.717) is 29.3 Å². The highest BCUT2D eigenvalue weighted by Gasteiger charge is 2.37. The Labute approximate surface area is 170 Å². The van der Waals surface area contributed by atoms with E-state index in [9.17, 15) is 9.59 Å². The van der Waals surface area contributed by atoms with Gasteiger partial charge in [-0.3, -0.25) is 4.79 Å². The summed E-state index contributed by atoms with van der Waals surface area (Å²) < 4.78 is 15.6. The average molecular weight is 393 g/mol. The zero-order valence-electron chi connectivity index (χ0n) is 16.9. The Morgan fingerprint density at radius 2 is 1.76 bits per heavy atom. The summed E-state index contributed by atoms with van der Waals surface area (Å²) in [6.07, 6.45) is 1.65. The van der Waals surface area contributed by atoms with Crippen molar-refractivity contribution >= 4 is 18.0 Å². The van der Waals surface area contributed by atoms with Gasteiger partial charge >= 0.3 is 5.97 Å². The molecule has 1 aliphatic heterocycles. The molecule has 0 saturated carbocycles. The Bertz CT molecular complexity index is 992. The van der Waals surface area contributed by atoms with Crippen molar-refractivity contribution in [2.45, 2.75) is 13.5 Å². The molecule has 0 aliphatic carbocycles. The normalized spacial score (nSPS) is 15.1. The molecule has 1 heterocycles. The van der Waals surface area contributed by atoms with Crippen LogP contribution >= 0.6 is 0 Å². The molecule has 2 aromatic carbocycles. The lowest BCUT2D eigenvalue weighted by molar-refractivity contribution is -0.136. The number of hydrogen-bond acceptors (Lipinski definition) is 5. The van der Waals surface area contributed by atoms with Gasteiger partial charge in [-0.05, 0) is 30.7 Å². The van der Waals surface area contributed by atoms with Crippen molar-refractivity contribution in [1.29, 1.82) is 0 Å². The molecule has 1 aliphatic rings. The predicted molar refractivity (Wildman–Crippen MR) is 109 cm³/mol.